The van der Waals surface area contributed by atoms with Gasteiger partial charge in [0, 0.05) is 11.8 Å². The van der Waals surface area contributed by atoms with E-state index < -0.39 is 41.5 Å². The van der Waals surface area contributed by atoms with E-state index in [9.17, 15) is 13.2 Å². The first-order chi connectivity index (χ1) is 12.8. The summed E-state index contributed by atoms with van der Waals surface area (Å²) in [5, 5.41) is 0. The first-order valence-corrected chi connectivity index (χ1v) is 9.91. The molecule has 27 heavy (non-hydrogen) atoms. The van der Waals surface area contributed by atoms with E-state index in [1.807, 2.05) is 6.92 Å². The van der Waals surface area contributed by atoms with Gasteiger partial charge in [0.15, 0.2) is 11.6 Å². The van der Waals surface area contributed by atoms with Crippen LogP contribution >= 0.6 is 0 Å². The summed E-state index contributed by atoms with van der Waals surface area (Å²) in [7, 11) is 0. The average Bonchev–Trinajstić information content (AvgIpc) is 2.82. The minimum absolute atomic E-state index is 0.0496. The fourth-order valence-electron chi connectivity index (χ4n) is 4.98. The molecule has 6 heteroatoms. The number of rotatable bonds is 5. The van der Waals surface area contributed by atoms with Gasteiger partial charge in [-0.3, -0.25) is 0 Å². The topological polar surface area (TPSA) is 9.23 Å². The number of hydrogen-bond acceptors (Lipinski definition) is 1. The predicted molar refractivity (Wildman–Crippen MR) is 94.3 cm³/mol. The third-order valence-corrected chi connectivity index (χ3v) is 6.34. The van der Waals surface area contributed by atoms with Crippen molar-refractivity contribution in [3.8, 4) is 5.75 Å². The zero-order chi connectivity index (χ0) is 19.8. The Morgan fingerprint density at radius 2 is 1.85 bits per heavy atom. The van der Waals surface area contributed by atoms with Crippen molar-refractivity contribution < 1.29 is 26.7 Å². The summed E-state index contributed by atoms with van der Waals surface area (Å²) in [4.78, 5) is 0. The average molecular weight is 390 g/mol. The van der Waals surface area contributed by atoms with Crippen LogP contribution in [0.15, 0.2) is 12.1 Å². The second kappa shape index (κ2) is 7.96. The van der Waals surface area contributed by atoms with Gasteiger partial charge in [0.1, 0.15) is 18.0 Å². The van der Waals surface area contributed by atoms with Gasteiger partial charge in [0.05, 0.1) is 6.61 Å². The smallest absolute Gasteiger partial charge is 0.200 e. The maximum absolute atomic E-state index is 15.6. The summed E-state index contributed by atoms with van der Waals surface area (Å²) in [6.45, 7) is 3.78. The van der Waals surface area contributed by atoms with Crippen molar-refractivity contribution in [1.29, 1.82) is 0 Å². The Morgan fingerprint density at radius 1 is 1.11 bits per heavy atom. The molecule has 6 unspecified atom stereocenters. The highest BCUT2D eigenvalue weighted by atomic mass is 19.2. The number of fused-ring (bicyclic) bond motifs is 1. The van der Waals surface area contributed by atoms with Crippen LogP contribution in [0.4, 0.5) is 22.0 Å². The van der Waals surface area contributed by atoms with Gasteiger partial charge >= 0.3 is 0 Å². The fraction of sp³-hybridized carbons (Fsp3) is 0.714. The van der Waals surface area contributed by atoms with Gasteiger partial charge in [0.2, 0.25) is 5.82 Å². The van der Waals surface area contributed by atoms with Gasteiger partial charge < -0.3 is 4.74 Å². The van der Waals surface area contributed by atoms with Crippen LogP contribution in [0.1, 0.15) is 63.9 Å². The minimum atomic E-state index is -2.33. The zero-order valence-electron chi connectivity index (χ0n) is 15.8. The van der Waals surface area contributed by atoms with Gasteiger partial charge in [-0.15, -0.1) is 0 Å². The van der Waals surface area contributed by atoms with Crippen LogP contribution in [0.2, 0.25) is 0 Å². The van der Waals surface area contributed by atoms with Crippen LogP contribution in [0.25, 0.3) is 0 Å². The van der Waals surface area contributed by atoms with Crippen molar-refractivity contribution >= 4 is 0 Å². The Bertz CT molecular complexity index is 666. The van der Waals surface area contributed by atoms with Crippen LogP contribution in [-0.4, -0.2) is 24.6 Å². The molecule has 2 fully saturated rings. The van der Waals surface area contributed by atoms with Gasteiger partial charge in [0.25, 0.3) is 0 Å². The molecule has 0 saturated heterocycles. The third-order valence-electron chi connectivity index (χ3n) is 6.34. The summed E-state index contributed by atoms with van der Waals surface area (Å²) >= 11 is 0. The molecule has 3 rings (SSSR count). The SMILES string of the molecule is CCCC1CCC2(F)C(F)C(c3ccc(OCC)c(F)c3F)CC2C(F)C1. The van der Waals surface area contributed by atoms with Crippen LogP contribution in [0.3, 0.4) is 0 Å². The first kappa shape index (κ1) is 20.4. The van der Waals surface area contributed by atoms with E-state index in [1.165, 1.54) is 12.1 Å². The lowest BCUT2D eigenvalue weighted by atomic mass is 9.86. The summed E-state index contributed by atoms with van der Waals surface area (Å²) in [6.07, 6.45) is -1.43. The molecule has 0 radical (unpaired) electrons. The van der Waals surface area contributed by atoms with Crippen LogP contribution in [-0.2, 0) is 0 Å². The van der Waals surface area contributed by atoms with Crippen molar-refractivity contribution in [2.75, 3.05) is 6.61 Å². The molecule has 6 atom stereocenters. The molecule has 0 bridgehead atoms. The van der Waals surface area contributed by atoms with Crippen molar-refractivity contribution in [2.24, 2.45) is 11.8 Å². The largest absolute Gasteiger partial charge is 0.491 e. The lowest BCUT2D eigenvalue weighted by Gasteiger charge is -2.29. The molecule has 1 nitrogen and oxygen atoms in total. The second-order valence-electron chi connectivity index (χ2n) is 7.94. The molecule has 0 N–H and O–H groups in total. The van der Waals surface area contributed by atoms with Gasteiger partial charge in [-0.1, -0.05) is 25.8 Å². The fourth-order valence-corrected chi connectivity index (χ4v) is 4.98. The molecule has 2 aliphatic carbocycles. The van der Waals surface area contributed by atoms with Crippen molar-refractivity contribution in [2.45, 2.75) is 76.3 Å². The Labute approximate surface area is 157 Å². The van der Waals surface area contributed by atoms with Crippen LogP contribution < -0.4 is 4.74 Å². The van der Waals surface area contributed by atoms with Gasteiger partial charge in [-0.05, 0) is 50.2 Å². The van der Waals surface area contributed by atoms with Crippen molar-refractivity contribution in [3.63, 3.8) is 0 Å². The van der Waals surface area contributed by atoms with Crippen LogP contribution in [0.5, 0.6) is 5.75 Å². The molecule has 0 aliphatic heterocycles. The van der Waals surface area contributed by atoms with E-state index >= 15 is 8.78 Å². The Hall–Kier alpha value is -1.33. The predicted octanol–water partition coefficient (Wildman–Crippen LogP) is 6.45. The molecule has 0 spiro atoms. The highest BCUT2D eigenvalue weighted by molar-refractivity contribution is 5.35. The van der Waals surface area contributed by atoms with E-state index in [-0.39, 0.29) is 43.1 Å². The summed E-state index contributed by atoms with van der Waals surface area (Å²) in [6, 6.07) is 2.47. The number of alkyl halides is 3. The summed E-state index contributed by atoms with van der Waals surface area (Å²) in [5.41, 5.74) is -2.56. The van der Waals surface area contributed by atoms with Crippen molar-refractivity contribution in [3.05, 3.63) is 29.3 Å². The summed E-state index contributed by atoms with van der Waals surface area (Å²) in [5.74, 6) is -4.95. The number of benzene rings is 1. The molecular weight excluding hydrogens is 363 g/mol. The third kappa shape index (κ3) is 3.56. The van der Waals surface area contributed by atoms with Crippen molar-refractivity contribution in [1.82, 2.24) is 0 Å². The number of halogens is 5. The Kier molecular flexibility index (Phi) is 6.02. The Morgan fingerprint density at radius 3 is 2.52 bits per heavy atom. The monoisotopic (exact) mass is 390 g/mol. The molecule has 1 aromatic carbocycles. The maximum atomic E-state index is 15.6. The Balaban J connectivity index is 1.88. The van der Waals surface area contributed by atoms with Crippen LogP contribution in [0, 0.1) is 23.5 Å². The van der Waals surface area contributed by atoms with E-state index in [2.05, 4.69) is 0 Å². The lowest BCUT2D eigenvalue weighted by molar-refractivity contribution is 0.00238. The highest BCUT2D eigenvalue weighted by Crippen LogP contribution is 2.56. The molecule has 2 aliphatic rings. The molecule has 2 saturated carbocycles. The molecule has 0 amide bonds. The standard InChI is InChI=1S/C21H27F5O/c1-3-5-12-8-9-21(26)15(16(22)10-12)11-14(20(21)25)13-6-7-17(27-4-2)19(24)18(13)23/h6-7,12,14-16,20H,3-5,8-11H2,1-2H3. The maximum Gasteiger partial charge on any atom is 0.200 e. The number of ether oxygens (including phenoxy) is 1. The van der Waals surface area contributed by atoms with E-state index in [1.54, 1.807) is 6.92 Å². The molecule has 0 heterocycles. The number of hydrogen-bond donors (Lipinski definition) is 0. The lowest BCUT2D eigenvalue weighted by Crippen LogP contribution is -2.40. The van der Waals surface area contributed by atoms with Gasteiger partial charge in [-0.25, -0.2) is 17.6 Å². The van der Waals surface area contributed by atoms with E-state index in [0.717, 1.165) is 12.8 Å². The van der Waals surface area contributed by atoms with E-state index in [0.29, 0.717) is 6.42 Å². The molecule has 1 aromatic rings. The molecular formula is C21H27F5O. The molecule has 0 aromatic heterocycles. The van der Waals surface area contributed by atoms with Gasteiger partial charge in [-0.2, -0.15) is 4.39 Å². The first-order valence-electron chi connectivity index (χ1n) is 9.91. The normalized spacial score (nSPS) is 36.3. The summed E-state index contributed by atoms with van der Waals surface area (Å²) < 4.78 is 79.3. The zero-order valence-corrected chi connectivity index (χ0v) is 15.8. The highest BCUT2D eigenvalue weighted by Gasteiger charge is 2.61. The molecule has 152 valence electrons. The quantitative estimate of drug-likeness (QED) is 0.525. The second-order valence-corrected chi connectivity index (χ2v) is 7.94. The minimum Gasteiger partial charge on any atom is -0.491 e. The van der Waals surface area contributed by atoms with E-state index in [4.69, 9.17) is 4.74 Å².